The highest BCUT2D eigenvalue weighted by molar-refractivity contribution is 5.67. The summed E-state index contributed by atoms with van der Waals surface area (Å²) in [5.74, 6) is 0.446. The third kappa shape index (κ3) is 6.06. The van der Waals surface area contributed by atoms with Crippen molar-refractivity contribution in [2.45, 2.75) is 45.8 Å². The summed E-state index contributed by atoms with van der Waals surface area (Å²) in [5.41, 5.74) is 1.88. The second kappa shape index (κ2) is 7.29. The molecule has 4 nitrogen and oxygen atoms in total. The highest BCUT2D eigenvalue weighted by Crippen LogP contribution is 2.16. The van der Waals surface area contributed by atoms with Crippen LogP contribution in [0.5, 0.6) is 0 Å². The standard InChI is InChI=1S/C16H26N2O2/c1-12(10-17-5)14-8-6-7-13(9-14)11-18-15(19)20-16(2,3)4/h6-9,12,17H,10-11H2,1-5H3,(H,18,19). The summed E-state index contributed by atoms with van der Waals surface area (Å²) < 4.78 is 5.22. The SMILES string of the molecule is CNCC(C)c1cccc(CNC(=O)OC(C)(C)C)c1. The number of hydrogen-bond acceptors (Lipinski definition) is 3. The lowest BCUT2D eigenvalue weighted by molar-refractivity contribution is 0.0523. The van der Waals surface area contributed by atoms with Crippen LogP contribution in [0.1, 0.15) is 44.7 Å². The summed E-state index contributed by atoms with van der Waals surface area (Å²) in [6.07, 6.45) is -0.383. The van der Waals surface area contributed by atoms with Crippen molar-refractivity contribution in [3.63, 3.8) is 0 Å². The first kappa shape index (κ1) is 16.5. The van der Waals surface area contributed by atoms with Crippen molar-refractivity contribution in [3.05, 3.63) is 35.4 Å². The summed E-state index contributed by atoms with van der Waals surface area (Å²) in [4.78, 5) is 11.6. The van der Waals surface area contributed by atoms with Crippen LogP contribution in [0.2, 0.25) is 0 Å². The van der Waals surface area contributed by atoms with Gasteiger partial charge in [-0.2, -0.15) is 0 Å². The monoisotopic (exact) mass is 278 g/mol. The summed E-state index contributed by atoms with van der Waals surface area (Å²) in [7, 11) is 1.95. The van der Waals surface area contributed by atoms with Gasteiger partial charge in [0.15, 0.2) is 0 Å². The van der Waals surface area contributed by atoms with Gasteiger partial charge in [0.2, 0.25) is 0 Å². The molecule has 1 aromatic rings. The van der Waals surface area contributed by atoms with Crippen LogP contribution in [0, 0.1) is 0 Å². The van der Waals surface area contributed by atoms with E-state index in [4.69, 9.17) is 4.74 Å². The summed E-state index contributed by atoms with van der Waals surface area (Å²) in [6.45, 7) is 9.15. The van der Waals surface area contributed by atoms with Gasteiger partial charge in [-0.25, -0.2) is 4.79 Å². The van der Waals surface area contributed by atoms with Crippen LogP contribution >= 0.6 is 0 Å². The Bertz CT molecular complexity index is 438. The van der Waals surface area contributed by atoms with Gasteiger partial charge in [-0.3, -0.25) is 0 Å². The molecule has 112 valence electrons. The van der Waals surface area contributed by atoms with Crippen LogP contribution in [-0.4, -0.2) is 25.3 Å². The molecule has 4 heteroatoms. The topological polar surface area (TPSA) is 50.4 Å². The average Bonchev–Trinajstić information content (AvgIpc) is 2.35. The Morgan fingerprint density at radius 2 is 2.05 bits per heavy atom. The van der Waals surface area contributed by atoms with Gasteiger partial charge in [-0.1, -0.05) is 31.2 Å². The summed E-state index contributed by atoms with van der Waals surface area (Å²) in [6, 6.07) is 8.26. The first-order valence-electron chi connectivity index (χ1n) is 7.02. The van der Waals surface area contributed by atoms with E-state index in [1.165, 1.54) is 5.56 Å². The van der Waals surface area contributed by atoms with Gasteiger partial charge in [-0.15, -0.1) is 0 Å². The molecule has 0 spiro atoms. The largest absolute Gasteiger partial charge is 0.444 e. The quantitative estimate of drug-likeness (QED) is 0.870. The molecule has 0 fully saturated rings. The Balaban J connectivity index is 2.56. The van der Waals surface area contributed by atoms with E-state index in [2.05, 4.69) is 29.7 Å². The van der Waals surface area contributed by atoms with Crippen molar-refractivity contribution in [1.29, 1.82) is 0 Å². The number of rotatable bonds is 5. The van der Waals surface area contributed by atoms with Crippen molar-refractivity contribution in [3.8, 4) is 0 Å². The van der Waals surface area contributed by atoms with Crippen molar-refractivity contribution >= 4 is 6.09 Å². The van der Waals surface area contributed by atoms with Crippen molar-refractivity contribution in [1.82, 2.24) is 10.6 Å². The van der Waals surface area contributed by atoms with Gasteiger partial charge in [0.25, 0.3) is 0 Å². The first-order valence-corrected chi connectivity index (χ1v) is 7.02. The molecule has 0 aliphatic heterocycles. The number of carbonyl (C=O) groups excluding carboxylic acids is 1. The summed E-state index contributed by atoms with van der Waals surface area (Å²) in [5, 5.41) is 5.95. The van der Waals surface area contributed by atoms with Crippen LogP contribution in [0.25, 0.3) is 0 Å². The molecule has 0 saturated heterocycles. The molecule has 0 saturated carbocycles. The number of carbonyl (C=O) groups is 1. The molecular weight excluding hydrogens is 252 g/mol. The fourth-order valence-electron chi connectivity index (χ4n) is 1.92. The van der Waals surface area contributed by atoms with E-state index < -0.39 is 5.60 Å². The van der Waals surface area contributed by atoms with Crippen LogP contribution < -0.4 is 10.6 Å². The lowest BCUT2D eigenvalue weighted by Crippen LogP contribution is -2.32. The minimum absolute atomic E-state index is 0.383. The normalized spacial score (nSPS) is 12.8. The third-order valence-electron chi connectivity index (χ3n) is 2.87. The first-order chi connectivity index (χ1) is 9.31. The van der Waals surface area contributed by atoms with E-state index in [1.54, 1.807) is 0 Å². The predicted molar refractivity (Wildman–Crippen MR) is 81.9 cm³/mol. The molecule has 1 amide bonds. The Morgan fingerprint density at radius 3 is 2.65 bits per heavy atom. The fraction of sp³-hybridized carbons (Fsp3) is 0.562. The van der Waals surface area contributed by atoms with E-state index >= 15 is 0 Å². The smallest absolute Gasteiger partial charge is 0.407 e. The van der Waals surface area contributed by atoms with Crippen molar-refractivity contribution < 1.29 is 9.53 Å². The van der Waals surface area contributed by atoms with Crippen molar-refractivity contribution in [2.75, 3.05) is 13.6 Å². The minimum atomic E-state index is -0.465. The lowest BCUT2D eigenvalue weighted by atomic mass is 9.99. The van der Waals surface area contributed by atoms with Gasteiger partial charge >= 0.3 is 6.09 Å². The average molecular weight is 278 g/mol. The summed E-state index contributed by atoms with van der Waals surface area (Å²) >= 11 is 0. The molecule has 0 aliphatic rings. The highest BCUT2D eigenvalue weighted by Gasteiger charge is 2.15. The van der Waals surface area contributed by atoms with E-state index in [-0.39, 0.29) is 6.09 Å². The molecular formula is C16H26N2O2. The number of amides is 1. The zero-order valence-electron chi connectivity index (χ0n) is 13.1. The Hall–Kier alpha value is -1.55. The van der Waals surface area contributed by atoms with Crippen LogP contribution in [0.15, 0.2) is 24.3 Å². The molecule has 2 N–H and O–H groups in total. The molecule has 1 rings (SSSR count). The molecule has 20 heavy (non-hydrogen) atoms. The Labute approximate surface area is 121 Å². The molecule has 0 radical (unpaired) electrons. The maximum atomic E-state index is 11.6. The van der Waals surface area contributed by atoms with Crippen LogP contribution in [0.3, 0.4) is 0 Å². The van der Waals surface area contributed by atoms with E-state index in [0.29, 0.717) is 12.5 Å². The zero-order valence-corrected chi connectivity index (χ0v) is 13.1. The number of nitrogens with one attached hydrogen (secondary N) is 2. The highest BCUT2D eigenvalue weighted by atomic mass is 16.6. The molecule has 0 aliphatic carbocycles. The van der Waals surface area contributed by atoms with Crippen LogP contribution in [0.4, 0.5) is 4.79 Å². The maximum Gasteiger partial charge on any atom is 0.407 e. The number of hydrogen-bond donors (Lipinski definition) is 2. The Morgan fingerprint density at radius 1 is 1.35 bits per heavy atom. The molecule has 0 bridgehead atoms. The minimum Gasteiger partial charge on any atom is -0.444 e. The maximum absolute atomic E-state index is 11.6. The molecule has 0 heterocycles. The van der Waals surface area contributed by atoms with Gasteiger partial charge < -0.3 is 15.4 Å². The second-order valence-corrected chi connectivity index (χ2v) is 6.06. The molecule has 1 aromatic carbocycles. The van der Waals surface area contributed by atoms with Gasteiger partial charge in [0, 0.05) is 13.1 Å². The molecule has 1 atom stereocenters. The number of alkyl carbamates (subject to hydrolysis) is 1. The number of benzene rings is 1. The number of likely N-dealkylation sites (N-methyl/N-ethyl adjacent to an activating group) is 1. The van der Waals surface area contributed by atoms with E-state index in [9.17, 15) is 4.79 Å². The lowest BCUT2D eigenvalue weighted by Gasteiger charge is -2.20. The second-order valence-electron chi connectivity index (χ2n) is 6.06. The van der Waals surface area contributed by atoms with Gasteiger partial charge in [0.1, 0.15) is 5.60 Å². The predicted octanol–water partition coefficient (Wildman–Crippen LogP) is 3.03. The van der Waals surface area contributed by atoms with Gasteiger partial charge in [0.05, 0.1) is 0 Å². The van der Waals surface area contributed by atoms with E-state index in [1.807, 2.05) is 40.0 Å². The van der Waals surface area contributed by atoms with E-state index in [0.717, 1.165) is 12.1 Å². The molecule has 1 unspecified atom stereocenters. The Kier molecular flexibility index (Phi) is 6.02. The fourth-order valence-corrected chi connectivity index (χ4v) is 1.92. The third-order valence-corrected chi connectivity index (χ3v) is 2.87. The van der Waals surface area contributed by atoms with Crippen LogP contribution in [-0.2, 0) is 11.3 Å². The molecule has 0 aromatic heterocycles. The van der Waals surface area contributed by atoms with Gasteiger partial charge in [-0.05, 0) is 44.9 Å². The van der Waals surface area contributed by atoms with Crippen molar-refractivity contribution in [2.24, 2.45) is 0 Å². The number of ether oxygens (including phenoxy) is 1. The zero-order chi connectivity index (χ0) is 15.2.